The minimum atomic E-state index is -4.37. The van der Waals surface area contributed by atoms with E-state index in [1.54, 1.807) is 23.9 Å². The number of nitrogens with one attached hydrogen (secondary N) is 1. The molecule has 0 atom stereocenters. The molecule has 0 bridgehead atoms. The minimum Gasteiger partial charge on any atom is -0.484 e. The number of hydrogen-bond acceptors (Lipinski definition) is 3. The Morgan fingerprint density at radius 3 is 2.44 bits per heavy atom. The molecule has 2 aromatic rings. The van der Waals surface area contributed by atoms with Crippen LogP contribution in [0.1, 0.15) is 21.5 Å². The Morgan fingerprint density at radius 2 is 1.84 bits per heavy atom. The zero-order chi connectivity index (χ0) is 18.4. The molecule has 25 heavy (non-hydrogen) atoms. The first kappa shape index (κ1) is 19.2. The number of halogens is 3. The average molecular weight is 369 g/mol. The van der Waals surface area contributed by atoms with Gasteiger partial charge < -0.3 is 10.1 Å². The maximum absolute atomic E-state index is 12.3. The molecule has 0 spiro atoms. The van der Waals surface area contributed by atoms with E-state index in [0.29, 0.717) is 5.56 Å². The zero-order valence-electron chi connectivity index (χ0n) is 13.8. The summed E-state index contributed by atoms with van der Waals surface area (Å²) in [4.78, 5) is 13.3. The molecule has 3 nitrogen and oxygen atoms in total. The summed E-state index contributed by atoms with van der Waals surface area (Å²) < 4.78 is 41.0. The fourth-order valence-corrected chi connectivity index (χ4v) is 2.56. The van der Waals surface area contributed by atoms with Crippen molar-refractivity contribution in [3.8, 4) is 5.75 Å². The minimum absolute atomic E-state index is 0.135. The van der Waals surface area contributed by atoms with Gasteiger partial charge in [-0.05, 0) is 48.6 Å². The van der Waals surface area contributed by atoms with E-state index >= 15 is 0 Å². The lowest BCUT2D eigenvalue weighted by molar-refractivity contribution is -0.153. The second kappa shape index (κ2) is 8.29. The SMILES string of the molecule is CSc1ccc(C)c(C(=O)NCc2ccc(OCC(F)(F)F)cc2)c1. The van der Waals surface area contributed by atoms with Gasteiger partial charge in [0.1, 0.15) is 5.75 Å². The summed E-state index contributed by atoms with van der Waals surface area (Å²) in [7, 11) is 0. The molecule has 2 rings (SSSR count). The third-order valence-electron chi connectivity index (χ3n) is 3.47. The number of carbonyl (C=O) groups is 1. The van der Waals surface area contributed by atoms with Gasteiger partial charge in [0.2, 0.25) is 0 Å². The van der Waals surface area contributed by atoms with Crippen molar-refractivity contribution in [1.29, 1.82) is 0 Å². The molecule has 0 aromatic heterocycles. The number of hydrogen-bond donors (Lipinski definition) is 1. The molecular formula is C18H18F3NO2S. The molecule has 0 aliphatic carbocycles. The Hall–Kier alpha value is -2.15. The van der Waals surface area contributed by atoms with Gasteiger partial charge in [0.05, 0.1) is 0 Å². The molecule has 0 radical (unpaired) electrons. The standard InChI is InChI=1S/C18H18F3NO2S/c1-12-3-8-15(25-2)9-16(12)17(23)22-10-13-4-6-14(7-5-13)24-11-18(19,20)21/h3-9H,10-11H2,1-2H3,(H,22,23). The van der Waals surface area contributed by atoms with Crippen molar-refractivity contribution in [2.24, 2.45) is 0 Å². The third kappa shape index (κ3) is 6.01. The van der Waals surface area contributed by atoms with Crippen molar-refractivity contribution in [1.82, 2.24) is 5.32 Å². The number of rotatable bonds is 6. The highest BCUT2D eigenvalue weighted by molar-refractivity contribution is 7.98. The zero-order valence-corrected chi connectivity index (χ0v) is 14.6. The van der Waals surface area contributed by atoms with Gasteiger partial charge in [-0.15, -0.1) is 11.8 Å². The van der Waals surface area contributed by atoms with Crippen LogP contribution in [0.5, 0.6) is 5.75 Å². The van der Waals surface area contributed by atoms with Crippen molar-refractivity contribution in [2.45, 2.75) is 24.5 Å². The van der Waals surface area contributed by atoms with Gasteiger partial charge in [-0.1, -0.05) is 18.2 Å². The summed E-state index contributed by atoms with van der Waals surface area (Å²) in [5, 5.41) is 2.81. The Morgan fingerprint density at radius 1 is 1.16 bits per heavy atom. The number of ether oxygens (including phenoxy) is 1. The first-order valence-corrected chi connectivity index (χ1v) is 8.72. The Kier molecular flexibility index (Phi) is 6.36. The van der Waals surface area contributed by atoms with Crippen LogP contribution in [0.25, 0.3) is 0 Å². The summed E-state index contributed by atoms with van der Waals surface area (Å²) in [5.41, 5.74) is 2.26. The van der Waals surface area contributed by atoms with Crippen LogP contribution in [0.15, 0.2) is 47.4 Å². The Bertz CT molecular complexity index is 730. The Balaban J connectivity index is 1.94. The molecule has 0 heterocycles. The number of carbonyl (C=O) groups excluding carboxylic acids is 1. The van der Waals surface area contributed by atoms with Crippen LogP contribution in [0.4, 0.5) is 13.2 Å². The van der Waals surface area contributed by atoms with Gasteiger partial charge in [0.15, 0.2) is 6.61 Å². The molecule has 0 saturated heterocycles. The van der Waals surface area contributed by atoms with Gasteiger partial charge >= 0.3 is 6.18 Å². The summed E-state index contributed by atoms with van der Waals surface area (Å²) in [6.07, 6.45) is -2.43. The van der Waals surface area contributed by atoms with Crippen molar-refractivity contribution >= 4 is 17.7 Å². The highest BCUT2D eigenvalue weighted by Gasteiger charge is 2.28. The number of alkyl halides is 3. The fraction of sp³-hybridized carbons (Fsp3) is 0.278. The largest absolute Gasteiger partial charge is 0.484 e. The van der Waals surface area contributed by atoms with E-state index in [2.05, 4.69) is 10.1 Å². The van der Waals surface area contributed by atoms with E-state index in [4.69, 9.17) is 0 Å². The molecule has 134 valence electrons. The smallest absolute Gasteiger partial charge is 0.422 e. The monoisotopic (exact) mass is 369 g/mol. The molecule has 0 aliphatic heterocycles. The maximum Gasteiger partial charge on any atom is 0.422 e. The maximum atomic E-state index is 12.3. The van der Waals surface area contributed by atoms with Crippen molar-refractivity contribution in [2.75, 3.05) is 12.9 Å². The van der Waals surface area contributed by atoms with Crippen molar-refractivity contribution < 1.29 is 22.7 Å². The van der Waals surface area contributed by atoms with Crippen LogP contribution >= 0.6 is 11.8 Å². The van der Waals surface area contributed by atoms with Crippen LogP contribution in [0, 0.1) is 6.92 Å². The van der Waals surface area contributed by atoms with E-state index in [1.807, 2.05) is 31.4 Å². The Labute approximate surface area is 148 Å². The lowest BCUT2D eigenvalue weighted by atomic mass is 10.1. The molecule has 7 heteroatoms. The summed E-state index contributed by atoms with van der Waals surface area (Å²) >= 11 is 1.56. The summed E-state index contributed by atoms with van der Waals surface area (Å²) in [5.74, 6) is -0.0540. The number of benzene rings is 2. The third-order valence-corrected chi connectivity index (χ3v) is 4.19. The van der Waals surface area contributed by atoms with Crippen molar-refractivity contribution in [3.05, 3.63) is 59.2 Å². The van der Waals surface area contributed by atoms with Gasteiger partial charge in [-0.3, -0.25) is 4.79 Å². The molecule has 1 amide bonds. The second-order valence-electron chi connectivity index (χ2n) is 5.41. The molecule has 0 fully saturated rings. The molecule has 0 aliphatic rings. The molecule has 0 unspecified atom stereocenters. The van der Waals surface area contributed by atoms with E-state index in [9.17, 15) is 18.0 Å². The second-order valence-corrected chi connectivity index (χ2v) is 6.29. The lowest BCUT2D eigenvalue weighted by Crippen LogP contribution is -2.23. The number of thioether (sulfide) groups is 1. The molecular weight excluding hydrogens is 351 g/mol. The van der Waals surface area contributed by atoms with E-state index in [-0.39, 0.29) is 18.2 Å². The molecule has 2 aromatic carbocycles. The average Bonchev–Trinajstić information content (AvgIpc) is 2.58. The quantitative estimate of drug-likeness (QED) is 0.757. The predicted molar refractivity (Wildman–Crippen MR) is 92.1 cm³/mol. The van der Waals surface area contributed by atoms with Crippen LogP contribution < -0.4 is 10.1 Å². The van der Waals surface area contributed by atoms with E-state index < -0.39 is 12.8 Å². The van der Waals surface area contributed by atoms with Gasteiger partial charge in [-0.25, -0.2) is 0 Å². The van der Waals surface area contributed by atoms with Gasteiger partial charge in [0, 0.05) is 17.0 Å². The summed E-state index contributed by atoms with van der Waals surface area (Å²) in [6.45, 7) is 0.821. The lowest BCUT2D eigenvalue weighted by Gasteiger charge is -2.11. The van der Waals surface area contributed by atoms with Crippen LogP contribution in [-0.2, 0) is 6.54 Å². The topological polar surface area (TPSA) is 38.3 Å². The van der Waals surface area contributed by atoms with E-state index in [1.165, 1.54) is 12.1 Å². The van der Waals surface area contributed by atoms with E-state index in [0.717, 1.165) is 16.0 Å². The van der Waals surface area contributed by atoms with Gasteiger partial charge in [-0.2, -0.15) is 13.2 Å². The van der Waals surface area contributed by atoms with Crippen LogP contribution in [-0.4, -0.2) is 24.9 Å². The van der Waals surface area contributed by atoms with Crippen LogP contribution in [0.3, 0.4) is 0 Å². The predicted octanol–water partition coefficient (Wildman–Crippen LogP) is 4.59. The normalized spacial score (nSPS) is 11.2. The first-order chi connectivity index (χ1) is 11.8. The highest BCUT2D eigenvalue weighted by atomic mass is 32.2. The first-order valence-electron chi connectivity index (χ1n) is 7.50. The molecule has 0 saturated carbocycles. The molecule has 1 N–H and O–H groups in total. The van der Waals surface area contributed by atoms with Gasteiger partial charge in [0.25, 0.3) is 5.91 Å². The van der Waals surface area contributed by atoms with Crippen LogP contribution in [0.2, 0.25) is 0 Å². The highest BCUT2D eigenvalue weighted by Crippen LogP contribution is 2.20. The summed E-state index contributed by atoms with van der Waals surface area (Å²) in [6, 6.07) is 11.8. The number of amides is 1. The fourth-order valence-electron chi connectivity index (χ4n) is 2.12. The van der Waals surface area contributed by atoms with Crippen molar-refractivity contribution in [3.63, 3.8) is 0 Å². The number of aryl methyl sites for hydroxylation is 1.